The van der Waals surface area contributed by atoms with Crippen LogP contribution in [0.3, 0.4) is 0 Å². The molecule has 0 spiro atoms. The Morgan fingerprint density at radius 2 is 2.19 bits per heavy atom. The average Bonchev–Trinajstić information content (AvgIpc) is 3.36. The highest BCUT2D eigenvalue weighted by Crippen LogP contribution is 2.36. The number of aliphatic hydroxyl groups excluding tert-OH is 1. The molecule has 3 heterocycles. The molecule has 9 nitrogen and oxygen atoms in total. The minimum absolute atomic E-state index is 0.0743. The average molecular weight is 373 g/mol. The zero-order valence-corrected chi connectivity index (χ0v) is 15.0. The number of allylic oxidation sites excluding steroid dienone is 1. The summed E-state index contributed by atoms with van der Waals surface area (Å²) >= 11 is 1.23. The van der Waals surface area contributed by atoms with Crippen LogP contribution in [0.1, 0.15) is 49.8 Å². The van der Waals surface area contributed by atoms with Crippen molar-refractivity contribution in [1.82, 2.24) is 29.5 Å². The molecule has 0 amide bonds. The van der Waals surface area contributed by atoms with Crippen molar-refractivity contribution in [2.24, 2.45) is 0 Å². The molecule has 136 valence electrons. The quantitative estimate of drug-likeness (QED) is 0.465. The number of nitrogens with one attached hydrogen (secondary N) is 1. The van der Waals surface area contributed by atoms with E-state index in [1.54, 1.807) is 4.57 Å². The Morgan fingerprint density at radius 1 is 1.35 bits per heavy atom. The van der Waals surface area contributed by atoms with E-state index in [0.29, 0.717) is 11.0 Å². The second-order valence-corrected chi connectivity index (χ2v) is 7.48. The second kappa shape index (κ2) is 6.99. The van der Waals surface area contributed by atoms with Gasteiger partial charge < -0.3 is 9.67 Å². The molecule has 0 bridgehead atoms. The second-order valence-electron chi connectivity index (χ2n) is 6.54. The molecule has 4 rings (SSSR count). The van der Waals surface area contributed by atoms with Crippen LogP contribution in [0.15, 0.2) is 15.7 Å². The van der Waals surface area contributed by atoms with Gasteiger partial charge in [-0.2, -0.15) is 5.26 Å². The van der Waals surface area contributed by atoms with Gasteiger partial charge in [0.05, 0.1) is 5.75 Å². The number of aromatic amines is 1. The van der Waals surface area contributed by atoms with E-state index in [2.05, 4.69) is 26.5 Å². The first-order valence-corrected chi connectivity index (χ1v) is 9.72. The minimum atomic E-state index is -0.234. The molecule has 0 radical (unpaired) electrons. The lowest BCUT2D eigenvalue weighted by molar-refractivity contribution is 0.419. The summed E-state index contributed by atoms with van der Waals surface area (Å²) in [7, 11) is 0. The van der Waals surface area contributed by atoms with Gasteiger partial charge in [0.15, 0.2) is 11.0 Å². The number of rotatable bonds is 5. The monoisotopic (exact) mass is 373 g/mol. The molecule has 1 saturated carbocycles. The van der Waals surface area contributed by atoms with E-state index in [0.717, 1.165) is 50.9 Å². The fourth-order valence-corrected chi connectivity index (χ4v) is 4.06. The van der Waals surface area contributed by atoms with Crippen molar-refractivity contribution in [1.29, 1.82) is 5.26 Å². The molecule has 1 aliphatic carbocycles. The van der Waals surface area contributed by atoms with Gasteiger partial charge in [0, 0.05) is 19.0 Å². The molecule has 2 N–H and O–H groups in total. The molecular formula is C16H19N7O2S. The topological polar surface area (TPSA) is 125 Å². The zero-order valence-electron chi connectivity index (χ0n) is 14.2. The Hall–Kier alpha value is -2.54. The molecule has 26 heavy (non-hydrogen) atoms. The van der Waals surface area contributed by atoms with Gasteiger partial charge in [-0.05, 0) is 25.7 Å². The first kappa shape index (κ1) is 16.9. The van der Waals surface area contributed by atoms with Crippen LogP contribution in [0.4, 0.5) is 0 Å². The fourth-order valence-electron chi connectivity index (χ4n) is 3.17. The maximum absolute atomic E-state index is 11.8. The molecule has 0 aromatic carbocycles. The molecule has 10 heteroatoms. The minimum Gasteiger partial charge on any atom is -0.510 e. The summed E-state index contributed by atoms with van der Waals surface area (Å²) in [5.41, 5.74) is -0.101. The lowest BCUT2D eigenvalue weighted by Crippen LogP contribution is -2.16. The van der Waals surface area contributed by atoms with Crippen LogP contribution in [0, 0.1) is 11.3 Å². The van der Waals surface area contributed by atoms with Crippen LogP contribution in [-0.2, 0) is 13.0 Å². The van der Waals surface area contributed by atoms with Crippen LogP contribution in [0.2, 0.25) is 0 Å². The first-order valence-electron chi connectivity index (χ1n) is 8.73. The standard InChI is InChI=1S/C16H19N7O2S/c17-8-11(14-19-18-13-4-2-1-3-7-22(13)14)12(24)9-26-16-21-20-15(25)23(16)10-5-6-10/h10,24H,1-7,9H2,(H,20,25)/b12-11-. The number of aliphatic hydroxyl groups is 1. The van der Waals surface area contributed by atoms with Gasteiger partial charge in [-0.25, -0.2) is 9.89 Å². The third-order valence-corrected chi connectivity index (χ3v) is 5.62. The molecule has 1 fully saturated rings. The highest BCUT2D eigenvalue weighted by molar-refractivity contribution is 7.99. The lowest BCUT2D eigenvalue weighted by Gasteiger charge is -2.08. The SMILES string of the molecule is N#C/C(=C(/O)CSc1n[nH]c(=O)n1C1CC1)c1nnc2n1CCCCC2. The summed E-state index contributed by atoms with van der Waals surface area (Å²) in [6, 6.07) is 2.25. The fraction of sp³-hybridized carbons (Fsp3) is 0.562. The van der Waals surface area contributed by atoms with Crippen molar-refractivity contribution in [3.8, 4) is 6.07 Å². The summed E-state index contributed by atoms with van der Waals surface area (Å²) in [5.74, 6) is 1.35. The molecule has 1 aliphatic heterocycles. The third-order valence-electron chi connectivity index (χ3n) is 4.66. The van der Waals surface area contributed by atoms with Gasteiger partial charge in [0.2, 0.25) is 0 Å². The van der Waals surface area contributed by atoms with Crippen molar-refractivity contribution in [2.45, 2.75) is 56.3 Å². The summed E-state index contributed by atoms with van der Waals surface area (Å²) in [6.07, 6.45) is 5.95. The lowest BCUT2D eigenvalue weighted by atomic mass is 10.2. The van der Waals surface area contributed by atoms with Crippen LogP contribution in [0.25, 0.3) is 5.57 Å². The van der Waals surface area contributed by atoms with Crippen molar-refractivity contribution < 1.29 is 5.11 Å². The number of aromatic nitrogens is 6. The van der Waals surface area contributed by atoms with E-state index in [1.165, 1.54) is 11.8 Å². The van der Waals surface area contributed by atoms with Crippen molar-refractivity contribution in [2.75, 3.05) is 5.75 Å². The molecule has 0 atom stereocenters. The van der Waals surface area contributed by atoms with E-state index in [9.17, 15) is 15.2 Å². The Labute approximate surface area is 153 Å². The largest absolute Gasteiger partial charge is 0.510 e. The van der Waals surface area contributed by atoms with E-state index in [-0.39, 0.29) is 28.8 Å². The van der Waals surface area contributed by atoms with Gasteiger partial charge in [-0.1, -0.05) is 18.2 Å². The van der Waals surface area contributed by atoms with E-state index in [1.807, 2.05) is 4.57 Å². The summed E-state index contributed by atoms with van der Waals surface area (Å²) < 4.78 is 3.55. The maximum Gasteiger partial charge on any atom is 0.344 e. The Morgan fingerprint density at radius 3 is 2.96 bits per heavy atom. The van der Waals surface area contributed by atoms with Crippen molar-refractivity contribution in [3.63, 3.8) is 0 Å². The zero-order chi connectivity index (χ0) is 18.1. The van der Waals surface area contributed by atoms with E-state index >= 15 is 0 Å². The molecular weight excluding hydrogens is 354 g/mol. The van der Waals surface area contributed by atoms with Gasteiger partial charge >= 0.3 is 5.69 Å². The number of aryl methyl sites for hydroxylation is 1. The summed E-state index contributed by atoms with van der Waals surface area (Å²) in [5, 5.41) is 35.4. The first-order chi connectivity index (χ1) is 12.7. The van der Waals surface area contributed by atoms with Gasteiger partial charge in [-0.15, -0.1) is 15.3 Å². The number of nitriles is 1. The number of fused-ring (bicyclic) bond motifs is 1. The molecule has 2 aromatic rings. The maximum atomic E-state index is 11.8. The third kappa shape index (κ3) is 3.14. The predicted molar refractivity (Wildman–Crippen MR) is 94.6 cm³/mol. The number of H-pyrrole nitrogens is 1. The van der Waals surface area contributed by atoms with Gasteiger partial charge in [0.1, 0.15) is 23.2 Å². The van der Waals surface area contributed by atoms with Crippen molar-refractivity contribution in [3.05, 3.63) is 27.9 Å². The molecule has 2 aromatic heterocycles. The van der Waals surface area contributed by atoms with Crippen LogP contribution >= 0.6 is 11.8 Å². The number of nitrogens with zero attached hydrogens (tertiary/aromatic N) is 6. The summed E-state index contributed by atoms with van der Waals surface area (Å²) in [4.78, 5) is 11.8. The smallest absolute Gasteiger partial charge is 0.344 e. The number of hydrogen-bond acceptors (Lipinski definition) is 7. The Bertz CT molecular complexity index is 945. The normalized spacial score (nSPS) is 18.0. The highest BCUT2D eigenvalue weighted by atomic mass is 32.2. The highest BCUT2D eigenvalue weighted by Gasteiger charge is 2.29. The predicted octanol–water partition coefficient (Wildman–Crippen LogP) is 1.81. The van der Waals surface area contributed by atoms with E-state index < -0.39 is 0 Å². The van der Waals surface area contributed by atoms with Crippen LogP contribution < -0.4 is 5.69 Å². The van der Waals surface area contributed by atoms with Crippen LogP contribution in [-0.4, -0.2) is 40.4 Å². The number of hydrogen-bond donors (Lipinski definition) is 2. The molecule has 0 unspecified atom stereocenters. The van der Waals surface area contributed by atoms with E-state index in [4.69, 9.17) is 0 Å². The van der Waals surface area contributed by atoms with Crippen LogP contribution in [0.5, 0.6) is 0 Å². The molecule has 0 saturated heterocycles. The Kier molecular flexibility index (Phi) is 4.55. The van der Waals surface area contributed by atoms with Gasteiger partial charge in [-0.3, -0.25) is 4.57 Å². The number of thioether (sulfide) groups is 1. The Balaban J connectivity index is 1.58. The van der Waals surface area contributed by atoms with Gasteiger partial charge in [0.25, 0.3) is 0 Å². The van der Waals surface area contributed by atoms with Crippen molar-refractivity contribution >= 4 is 17.3 Å². The summed E-state index contributed by atoms with van der Waals surface area (Å²) in [6.45, 7) is 0.754. The molecule has 2 aliphatic rings.